The molecule has 0 radical (unpaired) electrons. The number of benzene rings is 1. The van der Waals surface area contributed by atoms with Gasteiger partial charge in [-0.15, -0.1) is 0 Å². The minimum atomic E-state index is 0.102. The molecule has 2 saturated heterocycles. The van der Waals surface area contributed by atoms with Crippen LogP contribution in [0.25, 0.3) is 0 Å². The average molecular weight is 349 g/mol. The fraction of sp³-hybridized carbons (Fsp3) is 0.650. The van der Waals surface area contributed by atoms with Gasteiger partial charge >= 0.3 is 0 Å². The van der Waals surface area contributed by atoms with Crippen molar-refractivity contribution in [1.82, 2.24) is 10.2 Å². The zero-order valence-electron chi connectivity index (χ0n) is 15.0. The minimum Gasteiger partial charge on any atom is -0.349 e. The molecule has 3 unspecified atom stereocenters. The van der Waals surface area contributed by atoms with Crippen LogP contribution in [-0.2, 0) is 4.79 Å². The molecule has 0 spiro atoms. The number of rotatable bonds is 5. The van der Waals surface area contributed by atoms with Crippen molar-refractivity contribution in [2.24, 2.45) is 11.8 Å². The fourth-order valence-electron chi connectivity index (χ4n) is 4.47. The second-order valence-electron chi connectivity index (χ2n) is 7.98. The van der Waals surface area contributed by atoms with Gasteiger partial charge in [-0.1, -0.05) is 37.6 Å². The summed E-state index contributed by atoms with van der Waals surface area (Å²) in [4.78, 5) is 15.0. The van der Waals surface area contributed by atoms with Crippen molar-refractivity contribution in [2.45, 2.75) is 64.1 Å². The maximum Gasteiger partial charge on any atom is 0.220 e. The summed E-state index contributed by atoms with van der Waals surface area (Å²) in [6.45, 7) is 4.18. The van der Waals surface area contributed by atoms with E-state index in [1.54, 1.807) is 0 Å². The number of nitrogens with zero attached hydrogens (tertiary/aromatic N) is 1. The van der Waals surface area contributed by atoms with Crippen molar-refractivity contribution >= 4 is 17.5 Å². The fourth-order valence-corrected chi connectivity index (χ4v) is 4.60. The minimum absolute atomic E-state index is 0.102. The lowest BCUT2D eigenvalue weighted by molar-refractivity contribution is -0.123. The largest absolute Gasteiger partial charge is 0.349 e. The summed E-state index contributed by atoms with van der Waals surface area (Å²) in [7, 11) is 2.26. The van der Waals surface area contributed by atoms with E-state index in [-0.39, 0.29) is 11.9 Å². The Hall–Kier alpha value is -1.06. The average Bonchev–Trinajstić information content (AvgIpc) is 2.74. The third-order valence-electron chi connectivity index (χ3n) is 5.75. The van der Waals surface area contributed by atoms with E-state index in [2.05, 4.69) is 43.2 Å². The maximum absolute atomic E-state index is 12.4. The van der Waals surface area contributed by atoms with Crippen LogP contribution in [0.2, 0.25) is 5.02 Å². The van der Waals surface area contributed by atoms with Gasteiger partial charge in [0.25, 0.3) is 0 Å². The molecule has 2 fully saturated rings. The molecule has 1 amide bonds. The van der Waals surface area contributed by atoms with Gasteiger partial charge in [-0.3, -0.25) is 4.79 Å². The van der Waals surface area contributed by atoms with Crippen LogP contribution in [0, 0.1) is 11.8 Å². The van der Waals surface area contributed by atoms with Crippen LogP contribution >= 0.6 is 11.6 Å². The number of carbonyl (C=O) groups is 1. The lowest BCUT2D eigenvalue weighted by Crippen LogP contribution is -2.44. The van der Waals surface area contributed by atoms with Gasteiger partial charge in [0.15, 0.2) is 0 Å². The van der Waals surface area contributed by atoms with Gasteiger partial charge in [0.1, 0.15) is 0 Å². The van der Waals surface area contributed by atoms with Crippen LogP contribution in [-0.4, -0.2) is 29.9 Å². The van der Waals surface area contributed by atoms with Crippen molar-refractivity contribution in [3.8, 4) is 0 Å². The van der Waals surface area contributed by atoms with E-state index in [1.807, 2.05) is 12.1 Å². The molecule has 0 aromatic heterocycles. The second kappa shape index (κ2) is 7.45. The molecule has 3 atom stereocenters. The Morgan fingerprint density at radius 2 is 1.79 bits per heavy atom. The summed E-state index contributed by atoms with van der Waals surface area (Å²) in [5.41, 5.74) is 1.19. The van der Waals surface area contributed by atoms with Crippen molar-refractivity contribution in [2.75, 3.05) is 7.05 Å². The summed E-state index contributed by atoms with van der Waals surface area (Å²) < 4.78 is 0. The van der Waals surface area contributed by atoms with Crippen LogP contribution in [0.15, 0.2) is 24.3 Å². The highest BCUT2D eigenvalue weighted by molar-refractivity contribution is 6.30. The summed E-state index contributed by atoms with van der Waals surface area (Å²) in [5, 5.41) is 4.08. The van der Waals surface area contributed by atoms with E-state index in [4.69, 9.17) is 11.6 Å². The Bertz CT molecular complexity index is 558. The smallest absolute Gasteiger partial charge is 0.220 e. The molecule has 3 rings (SSSR count). The number of hydrogen-bond donors (Lipinski definition) is 1. The van der Waals surface area contributed by atoms with Gasteiger partial charge < -0.3 is 10.2 Å². The predicted octanol–water partition coefficient (Wildman–Crippen LogP) is 4.42. The predicted molar refractivity (Wildman–Crippen MR) is 99.1 cm³/mol. The van der Waals surface area contributed by atoms with Crippen LogP contribution in [0.5, 0.6) is 0 Å². The van der Waals surface area contributed by atoms with Crippen LogP contribution in [0.4, 0.5) is 0 Å². The van der Waals surface area contributed by atoms with E-state index in [1.165, 1.54) is 31.2 Å². The first kappa shape index (κ1) is 17.8. The van der Waals surface area contributed by atoms with E-state index in [9.17, 15) is 4.79 Å². The van der Waals surface area contributed by atoms with E-state index in [0.717, 1.165) is 5.02 Å². The summed E-state index contributed by atoms with van der Waals surface area (Å²) in [6.07, 6.45) is 5.52. The number of amides is 1. The Labute approximate surface area is 150 Å². The number of nitrogens with one attached hydrogen (secondary N) is 1. The lowest BCUT2D eigenvalue weighted by Gasteiger charge is -2.40. The quantitative estimate of drug-likeness (QED) is 0.854. The summed E-state index contributed by atoms with van der Waals surface area (Å²) >= 11 is 6.06. The molecule has 4 heteroatoms. The summed E-state index contributed by atoms with van der Waals surface area (Å²) in [5.74, 6) is 1.05. The highest BCUT2D eigenvalue weighted by atomic mass is 35.5. The van der Waals surface area contributed by atoms with Crippen molar-refractivity contribution in [3.05, 3.63) is 34.9 Å². The molecule has 2 aliphatic heterocycles. The molecule has 2 aliphatic rings. The molecule has 1 aromatic carbocycles. The molecule has 0 saturated carbocycles. The van der Waals surface area contributed by atoms with Gasteiger partial charge in [-0.05, 0) is 62.3 Å². The molecule has 24 heavy (non-hydrogen) atoms. The highest BCUT2D eigenvalue weighted by Crippen LogP contribution is 2.42. The third-order valence-corrected chi connectivity index (χ3v) is 6.00. The maximum atomic E-state index is 12.4. The second-order valence-corrected chi connectivity index (χ2v) is 8.41. The first-order valence-corrected chi connectivity index (χ1v) is 9.58. The number of carbonyl (C=O) groups excluding carboxylic acids is 1. The number of halogens is 1. The number of piperidine rings is 1. The zero-order chi connectivity index (χ0) is 17.3. The van der Waals surface area contributed by atoms with Gasteiger partial charge in [0.2, 0.25) is 5.91 Å². The van der Waals surface area contributed by atoms with Crippen LogP contribution < -0.4 is 5.32 Å². The Kier molecular flexibility index (Phi) is 5.51. The molecule has 3 nitrogen and oxygen atoms in total. The van der Waals surface area contributed by atoms with Crippen LogP contribution in [0.3, 0.4) is 0 Å². The number of hydrogen-bond acceptors (Lipinski definition) is 2. The molecule has 132 valence electrons. The van der Waals surface area contributed by atoms with E-state index >= 15 is 0 Å². The van der Waals surface area contributed by atoms with Crippen molar-refractivity contribution < 1.29 is 4.79 Å². The number of fused-ring (bicyclic) bond motifs is 2. The van der Waals surface area contributed by atoms with Gasteiger partial charge in [0.05, 0.1) is 6.04 Å². The standard InChI is InChI=1S/C20H29ClN2O/c1-13(2)10-19(24)22-20(14-4-6-16(21)7-5-14)15-11-17-8-9-18(12-15)23(17)3/h4-7,13,15,17-18,20H,8-12H2,1-3H3,(H,22,24). The molecular weight excluding hydrogens is 320 g/mol. The lowest BCUT2D eigenvalue weighted by atomic mass is 9.82. The molecule has 1 aromatic rings. The topological polar surface area (TPSA) is 32.3 Å². The van der Waals surface area contributed by atoms with Crippen LogP contribution in [0.1, 0.15) is 57.6 Å². The molecule has 1 N–H and O–H groups in total. The third kappa shape index (κ3) is 3.94. The molecule has 2 bridgehead atoms. The van der Waals surface area contributed by atoms with Crippen molar-refractivity contribution in [3.63, 3.8) is 0 Å². The normalized spacial score (nSPS) is 28.1. The van der Waals surface area contributed by atoms with Gasteiger partial charge in [0, 0.05) is 23.5 Å². The Morgan fingerprint density at radius 3 is 2.33 bits per heavy atom. The highest BCUT2D eigenvalue weighted by Gasteiger charge is 2.41. The van der Waals surface area contributed by atoms with Gasteiger partial charge in [-0.2, -0.15) is 0 Å². The summed E-state index contributed by atoms with van der Waals surface area (Å²) in [6, 6.07) is 9.46. The van der Waals surface area contributed by atoms with E-state index in [0.29, 0.717) is 30.3 Å². The molecule has 0 aliphatic carbocycles. The Morgan fingerprint density at radius 1 is 1.21 bits per heavy atom. The Balaban J connectivity index is 1.79. The first-order chi connectivity index (χ1) is 11.4. The monoisotopic (exact) mass is 348 g/mol. The zero-order valence-corrected chi connectivity index (χ0v) is 15.7. The SMILES string of the molecule is CC(C)CC(=O)NC(c1ccc(Cl)cc1)C1CC2CCC(C1)N2C. The van der Waals surface area contributed by atoms with Gasteiger partial charge in [-0.25, -0.2) is 0 Å². The molecular formula is C20H29ClN2O. The first-order valence-electron chi connectivity index (χ1n) is 9.20. The van der Waals surface area contributed by atoms with Crippen molar-refractivity contribution in [1.29, 1.82) is 0 Å². The van der Waals surface area contributed by atoms with E-state index < -0.39 is 0 Å². The molecule has 2 heterocycles.